The highest BCUT2D eigenvalue weighted by atomic mass is 32.1. The van der Waals surface area contributed by atoms with Gasteiger partial charge in [0.15, 0.2) is 0 Å². The Hall–Kier alpha value is -1.68. The molecule has 0 N–H and O–H groups in total. The highest BCUT2D eigenvalue weighted by Crippen LogP contribution is 2.48. The number of rotatable bonds is 5. The Bertz CT molecular complexity index is 855. The first-order valence-corrected chi connectivity index (χ1v) is 9.87. The summed E-state index contributed by atoms with van der Waals surface area (Å²) in [6.07, 6.45) is 3.16. The number of thiophene rings is 1. The second-order valence-corrected chi connectivity index (χ2v) is 8.16. The van der Waals surface area contributed by atoms with Crippen molar-refractivity contribution in [3.63, 3.8) is 0 Å². The Balaban J connectivity index is 1.85. The molecule has 0 fully saturated rings. The molecule has 0 spiro atoms. The van der Waals surface area contributed by atoms with Gasteiger partial charge in [-0.05, 0) is 62.5 Å². The van der Waals surface area contributed by atoms with Crippen LogP contribution >= 0.6 is 11.3 Å². The molecule has 2 heterocycles. The molecule has 2 nitrogen and oxygen atoms in total. The molecule has 25 heavy (non-hydrogen) atoms. The maximum absolute atomic E-state index is 6.58. The maximum Gasteiger partial charge on any atom is 0.128 e. The van der Waals surface area contributed by atoms with Crippen LogP contribution in [0.3, 0.4) is 0 Å². The van der Waals surface area contributed by atoms with Crippen molar-refractivity contribution in [3.8, 4) is 0 Å². The molecule has 0 aliphatic carbocycles. The van der Waals surface area contributed by atoms with Crippen molar-refractivity contribution in [2.75, 3.05) is 27.2 Å². The van der Waals surface area contributed by atoms with Gasteiger partial charge in [-0.1, -0.05) is 48.5 Å². The molecule has 0 saturated carbocycles. The average molecular weight is 352 g/mol. The zero-order chi connectivity index (χ0) is 17.3. The summed E-state index contributed by atoms with van der Waals surface area (Å²) in [6, 6.07) is 19.6. The van der Waals surface area contributed by atoms with Gasteiger partial charge < -0.3 is 9.64 Å². The second kappa shape index (κ2) is 6.91. The fraction of sp³-hybridized carbons (Fsp3) is 0.364. The third-order valence-electron chi connectivity index (χ3n) is 5.14. The van der Waals surface area contributed by atoms with Crippen molar-refractivity contribution >= 4 is 21.4 Å². The standard InChI is InChI=1S/C22H25NOS/c1-23(2)15-8-14-22(17-9-4-3-5-10-17)21-19(13-16-24-22)18-11-6-7-12-20(18)25-21/h3-7,9-12H,8,13-16H2,1-2H3. The van der Waals surface area contributed by atoms with Crippen LogP contribution in [0.2, 0.25) is 0 Å². The van der Waals surface area contributed by atoms with Gasteiger partial charge >= 0.3 is 0 Å². The van der Waals surface area contributed by atoms with E-state index < -0.39 is 0 Å². The Morgan fingerprint density at radius 1 is 1.04 bits per heavy atom. The highest BCUT2D eigenvalue weighted by molar-refractivity contribution is 7.19. The average Bonchev–Trinajstić information content (AvgIpc) is 3.02. The maximum atomic E-state index is 6.58. The van der Waals surface area contributed by atoms with E-state index in [9.17, 15) is 0 Å². The third kappa shape index (κ3) is 3.01. The Labute approximate surface area is 154 Å². The van der Waals surface area contributed by atoms with Crippen molar-refractivity contribution in [2.45, 2.75) is 24.9 Å². The summed E-state index contributed by atoms with van der Waals surface area (Å²) in [5.41, 5.74) is 2.50. The number of fused-ring (bicyclic) bond motifs is 3. The fourth-order valence-electron chi connectivity index (χ4n) is 3.96. The van der Waals surface area contributed by atoms with Gasteiger partial charge in [0.2, 0.25) is 0 Å². The van der Waals surface area contributed by atoms with E-state index in [1.165, 1.54) is 26.1 Å². The van der Waals surface area contributed by atoms with Gasteiger partial charge in [-0.3, -0.25) is 0 Å². The van der Waals surface area contributed by atoms with Gasteiger partial charge in [-0.2, -0.15) is 0 Å². The highest BCUT2D eigenvalue weighted by Gasteiger charge is 2.41. The number of benzene rings is 2. The van der Waals surface area contributed by atoms with Crippen molar-refractivity contribution in [1.29, 1.82) is 0 Å². The number of nitrogens with zero attached hydrogens (tertiary/aromatic N) is 1. The summed E-state index contributed by atoms with van der Waals surface area (Å²) in [5, 5.41) is 1.42. The molecule has 3 aromatic rings. The van der Waals surface area contributed by atoms with E-state index in [0.29, 0.717) is 0 Å². The number of ether oxygens (including phenoxy) is 1. The first-order chi connectivity index (χ1) is 12.2. The fourth-order valence-corrected chi connectivity index (χ4v) is 5.41. The lowest BCUT2D eigenvalue weighted by Gasteiger charge is -2.38. The molecule has 2 aromatic carbocycles. The normalized spacial score (nSPS) is 20.1. The molecule has 0 saturated heterocycles. The lowest BCUT2D eigenvalue weighted by molar-refractivity contribution is -0.0332. The molecule has 0 bridgehead atoms. The lowest BCUT2D eigenvalue weighted by Crippen LogP contribution is -2.36. The van der Waals surface area contributed by atoms with Crippen molar-refractivity contribution in [1.82, 2.24) is 4.90 Å². The number of hydrogen-bond donors (Lipinski definition) is 0. The zero-order valence-electron chi connectivity index (χ0n) is 15.0. The van der Waals surface area contributed by atoms with Crippen LogP contribution in [0.5, 0.6) is 0 Å². The van der Waals surface area contributed by atoms with E-state index in [4.69, 9.17) is 4.74 Å². The molecule has 1 atom stereocenters. The van der Waals surface area contributed by atoms with E-state index in [-0.39, 0.29) is 5.60 Å². The van der Waals surface area contributed by atoms with Crippen molar-refractivity contribution in [2.24, 2.45) is 0 Å². The van der Waals surface area contributed by atoms with Gasteiger partial charge in [0.25, 0.3) is 0 Å². The molecule has 130 valence electrons. The summed E-state index contributed by atoms with van der Waals surface area (Å²) < 4.78 is 7.96. The first-order valence-electron chi connectivity index (χ1n) is 9.06. The Morgan fingerprint density at radius 3 is 2.60 bits per heavy atom. The van der Waals surface area contributed by atoms with E-state index in [2.05, 4.69) is 73.6 Å². The summed E-state index contributed by atoms with van der Waals surface area (Å²) in [5.74, 6) is 0. The molecule has 1 aromatic heterocycles. The summed E-state index contributed by atoms with van der Waals surface area (Å²) in [6.45, 7) is 1.88. The minimum atomic E-state index is -0.297. The largest absolute Gasteiger partial charge is 0.364 e. The molecule has 4 rings (SSSR count). The van der Waals surface area contributed by atoms with Gasteiger partial charge in [0.05, 0.1) is 6.61 Å². The SMILES string of the molecule is CN(C)CCCC1(c2ccccc2)OCCc2c1sc1ccccc21. The van der Waals surface area contributed by atoms with E-state index in [1.807, 2.05) is 11.3 Å². The molecule has 1 unspecified atom stereocenters. The van der Waals surface area contributed by atoms with Gasteiger partial charge in [-0.15, -0.1) is 11.3 Å². The quantitative estimate of drug-likeness (QED) is 0.637. The number of hydrogen-bond acceptors (Lipinski definition) is 3. The minimum Gasteiger partial charge on any atom is -0.364 e. The molecule has 0 amide bonds. The predicted molar refractivity (Wildman–Crippen MR) is 106 cm³/mol. The van der Waals surface area contributed by atoms with E-state index in [1.54, 1.807) is 0 Å². The Kier molecular flexibility index (Phi) is 4.63. The molecule has 1 aliphatic rings. The van der Waals surface area contributed by atoms with Crippen LogP contribution < -0.4 is 0 Å². The van der Waals surface area contributed by atoms with Crippen LogP contribution in [-0.4, -0.2) is 32.1 Å². The van der Waals surface area contributed by atoms with Gasteiger partial charge in [-0.25, -0.2) is 0 Å². The van der Waals surface area contributed by atoms with Crippen LogP contribution in [0.25, 0.3) is 10.1 Å². The summed E-state index contributed by atoms with van der Waals surface area (Å²) in [7, 11) is 4.28. The summed E-state index contributed by atoms with van der Waals surface area (Å²) in [4.78, 5) is 3.68. The van der Waals surface area contributed by atoms with Crippen LogP contribution in [0.4, 0.5) is 0 Å². The van der Waals surface area contributed by atoms with Gasteiger partial charge in [0, 0.05) is 9.58 Å². The summed E-state index contributed by atoms with van der Waals surface area (Å²) >= 11 is 1.92. The van der Waals surface area contributed by atoms with Crippen LogP contribution in [0, 0.1) is 0 Å². The third-order valence-corrected chi connectivity index (χ3v) is 6.50. The smallest absolute Gasteiger partial charge is 0.128 e. The predicted octanol–water partition coefficient (Wildman–Crippen LogP) is 5.06. The van der Waals surface area contributed by atoms with E-state index in [0.717, 1.165) is 32.4 Å². The topological polar surface area (TPSA) is 12.5 Å². The molecular weight excluding hydrogens is 326 g/mol. The van der Waals surface area contributed by atoms with Crippen molar-refractivity contribution < 1.29 is 4.74 Å². The van der Waals surface area contributed by atoms with Crippen LogP contribution in [-0.2, 0) is 16.8 Å². The van der Waals surface area contributed by atoms with E-state index >= 15 is 0 Å². The van der Waals surface area contributed by atoms with Gasteiger partial charge in [0.1, 0.15) is 5.60 Å². The zero-order valence-corrected chi connectivity index (χ0v) is 15.8. The second-order valence-electron chi connectivity index (χ2n) is 7.10. The first kappa shape index (κ1) is 16.8. The molecular formula is C22H25NOS. The van der Waals surface area contributed by atoms with Crippen molar-refractivity contribution in [3.05, 3.63) is 70.6 Å². The lowest BCUT2D eigenvalue weighted by atomic mass is 9.82. The molecule has 3 heteroatoms. The Morgan fingerprint density at radius 2 is 1.80 bits per heavy atom. The minimum absolute atomic E-state index is 0.297. The van der Waals surface area contributed by atoms with Crippen LogP contribution in [0.1, 0.15) is 28.8 Å². The molecule has 1 aliphatic heterocycles. The van der Waals surface area contributed by atoms with Crippen LogP contribution in [0.15, 0.2) is 54.6 Å². The monoisotopic (exact) mass is 351 g/mol. The molecule has 0 radical (unpaired) electrons.